The molecule has 0 amide bonds. The number of hydrogen-bond acceptors (Lipinski definition) is 2. The first-order valence-corrected chi connectivity index (χ1v) is 7.67. The summed E-state index contributed by atoms with van der Waals surface area (Å²) in [5.74, 6) is 1.37. The lowest BCUT2D eigenvalue weighted by atomic mass is 10.0. The number of halogens is 1. The van der Waals surface area contributed by atoms with Gasteiger partial charge >= 0.3 is 0 Å². The largest absolute Gasteiger partial charge is 0.492 e. The highest BCUT2D eigenvalue weighted by Gasteiger charge is 2.05. The van der Waals surface area contributed by atoms with E-state index in [1.165, 1.54) is 11.3 Å². The van der Waals surface area contributed by atoms with Crippen LogP contribution in [0.5, 0.6) is 5.75 Å². The molecular weight excluding hydrogens is 282 g/mol. The lowest BCUT2D eigenvalue weighted by Gasteiger charge is -2.15. The number of hydrogen-bond donors (Lipinski definition) is 1. The van der Waals surface area contributed by atoms with Gasteiger partial charge in [0.2, 0.25) is 0 Å². The van der Waals surface area contributed by atoms with E-state index in [4.69, 9.17) is 16.3 Å². The molecule has 0 aliphatic carbocycles. The molecule has 0 heterocycles. The minimum Gasteiger partial charge on any atom is -0.492 e. The number of aryl methyl sites for hydroxylation is 1. The van der Waals surface area contributed by atoms with Crippen LogP contribution in [0.15, 0.2) is 42.5 Å². The summed E-state index contributed by atoms with van der Waals surface area (Å²) < 4.78 is 5.74. The zero-order valence-corrected chi connectivity index (χ0v) is 13.6. The Balaban J connectivity index is 1.86. The van der Waals surface area contributed by atoms with E-state index in [2.05, 4.69) is 43.4 Å². The number of benzene rings is 2. The van der Waals surface area contributed by atoms with Crippen LogP contribution in [0.3, 0.4) is 0 Å². The van der Waals surface area contributed by atoms with Crippen molar-refractivity contribution >= 4 is 17.3 Å². The topological polar surface area (TPSA) is 21.3 Å². The molecule has 0 aliphatic heterocycles. The van der Waals surface area contributed by atoms with Crippen LogP contribution < -0.4 is 10.1 Å². The molecule has 0 aromatic heterocycles. The summed E-state index contributed by atoms with van der Waals surface area (Å²) in [5.41, 5.74) is 3.55. The van der Waals surface area contributed by atoms with Gasteiger partial charge in [0.15, 0.2) is 0 Å². The van der Waals surface area contributed by atoms with E-state index >= 15 is 0 Å². The third kappa shape index (κ3) is 4.40. The van der Waals surface area contributed by atoms with Crippen LogP contribution in [-0.4, -0.2) is 13.2 Å². The van der Waals surface area contributed by atoms with Gasteiger partial charge in [-0.3, -0.25) is 0 Å². The van der Waals surface area contributed by atoms with Crippen molar-refractivity contribution in [1.82, 2.24) is 0 Å². The Labute approximate surface area is 132 Å². The summed E-state index contributed by atoms with van der Waals surface area (Å²) >= 11 is 6.00. The lowest BCUT2D eigenvalue weighted by Crippen LogP contribution is -2.13. The van der Waals surface area contributed by atoms with Gasteiger partial charge in [0.25, 0.3) is 0 Å². The summed E-state index contributed by atoms with van der Waals surface area (Å²) in [7, 11) is 0. The average Bonchev–Trinajstić information content (AvgIpc) is 2.47. The number of ether oxygens (including phenoxy) is 1. The van der Waals surface area contributed by atoms with Crippen LogP contribution in [-0.2, 0) is 0 Å². The van der Waals surface area contributed by atoms with Crippen molar-refractivity contribution in [3.8, 4) is 5.75 Å². The average molecular weight is 304 g/mol. The zero-order valence-electron chi connectivity index (χ0n) is 12.8. The molecule has 1 N–H and O–H groups in total. The third-order valence-electron chi connectivity index (χ3n) is 3.40. The number of nitrogens with one attached hydrogen (secondary N) is 1. The molecule has 2 aromatic carbocycles. The second-order valence-electron chi connectivity index (χ2n) is 5.43. The molecule has 2 aromatic rings. The van der Waals surface area contributed by atoms with Crippen LogP contribution in [0, 0.1) is 6.92 Å². The monoisotopic (exact) mass is 303 g/mol. The molecule has 0 fully saturated rings. The van der Waals surface area contributed by atoms with Gasteiger partial charge in [0, 0.05) is 17.3 Å². The number of anilines is 1. The Morgan fingerprint density at radius 3 is 2.62 bits per heavy atom. The first-order valence-electron chi connectivity index (χ1n) is 7.29. The highest BCUT2D eigenvalue weighted by Crippen LogP contribution is 2.24. The van der Waals surface area contributed by atoms with Crippen LogP contribution in [0.1, 0.15) is 30.9 Å². The van der Waals surface area contributed by atoms with Gasteiger partial charge in [-0.25, -0.2) is 0 Å². The first-order chi connectivity index (χ1) is 10.1. The second kappa shape index (κ2) is 7.37. The minimum atomic E-state index is 0.508. The van der Waals surface area contributed by atoms with E-state index in [-0.39, 0.29) is 0 Å². The quantitative estimate of drug-likeness (QED) is 0.735. The van der Waals surface area contributed by atoms with E-state index in [1.807, 2.05) is 25.1 Å². The molecular formula is C18H22ClNO. The van der Waals surface area contributed by atoms with Crippen LogP contribution in [0.4, 0.5) is 5.69 Å². The van der Waals surface area contributed by atoms with Crippen molar-refractivity contribution in [2.75, 3.05) is 18.5 Å². The van der Waals surface area contributed by atoms with Gasteiger partial charge in [0.05, 0.1) is 0 Å². The van der Waals surface area contributed by atoms with Crippen molar-refractivity contribution in [3.05, 3.63) is 58.6 Å². The van der Waals surface area contributed by atoms with E-state index in [1.54, 1.807) is 0 Å². The smallest absolute Gasteiger partial charge is 0.119 e. The normalized spacial score (nSPS) is 10.7. The summed E-state index contributed by atoms with van der Waals surface area (Å²) in [4.78, 5) is 0. The maximum atomic E-state index is 6.00. The predicted octanol–water partition coefficient (Wildman–Crippen LogP) is 5.26. The maximum Gasteiger partial charge on any atom is 0.119 e. The summed E-state index contributed by atoms with van der Waals surface area (Å²) in [5, 5.41) is 4.21. The molecule has 3 heteroatoms. The van der Waals surface area contributed by atoms with Crippen LogP contribution in [0.2, 0.25) is 5.02 Å². The molecule has 2 rings (SSSR count). The highest BCUT2D eigenvalue weighted by molar-refractivity contribution is 6.31. The number of rotatable bonds is 6. The fourth-order valence-corrected chi connectivity index (χ4v) is 2.34. The standard InChI is InChI=1S/C18H22ClNO/c1-13(2)16-6-4-5-7-18(16)20-10-11-21-15-8-9-17(19)14(3)12-15/h4-9,12-13,20H,10-11H2,1-3H3. The molecule has 0 bridgehead atoms. The Morgan fingerprint density at radius 1 is 1.14 bits per heavy atom. The van der Waals surface area contributed by atoms with Crippen LogP contribution >= 0.6 is 11.6 Å². The Hall–Kier alpha value is -1.67. The molecule has 0 aliphatic rings. The third-order valence-corrected chi connectivity index (χ3v) is 3.82. The van der Waals surface area contributed by atoms with Crippen molar-refractivity contribution in [2.24, 2.45) is 0 Å². The van der Waals surface area contributed by atoms with Crippen molar-refractivity contribution in [3.63, 3.8) is 0 Å². The SMILES string of the molecule is Cc1cc(OCCNc2ccccc2C(C)C)ccc1Cl. The van der Waals surface area contributed by atoms with Gasteiger partial charge < -0.3 is 10.1 Å². The molecule has 0 unspecified atom stereocenters. The Bertz CT molecular complexity index is 596. The zero-order chi connectivity index (χ0) is 15.2. The van der Waals surface area contributed by atoms with Gasteiger partial charge in [-0.2, -0.15) is 0 Å². The summed E-state index contributed by atoms with van der Waals surface area (Å²) in [6.07, 6.45) is 0. The van der Waals surface area contributed by atoms with Gasteiger partial charge in [0.1, 0.15) is 12.4 Å². The highest BCUT2D eigenvalue weighted by atomic mass is 35.5. The van der Waals surface area contributed by atoms with E-state index in [9.17, 15) is 0 Å². The van der Waals surface area contributed by atoms with Gasteiger partial charge in [-0.05, 0) is 48.2 Å². The van der Waals surface area contributed by atoms with E-state index in [0.717, 1.165) is 22.9 Å². The molecule has 112 valence electrons. The van der Waals surface area contributed by atoms with E-state index in [0.29, 0.717) is 12.5 Å². The second-order valence-corrected chi connectivity index (χ2v) is 5.84. The predicted molar refractivity (Wildman–Crippen MR) is 90.7 cm³/mol. The van der Waals surface area contributed by atoms with Crippen molar-refractivity contribution in [2.45, 2.75) is 26.7 Å². The molecule has 0 saturated heterocycles. The molecule has 0 radical (unpaired) electrons. The van der Waals surface area contributed by atoms with Gasteiger partial charge in [-0.1, -0.05) is 43.6 Å². The molecule has 0 atom stereocenters. The maximum absolute atomic E-state index is 6.00. The fraction of sp³-hybridized carbons (Fsp3) is 0.333. The van der Waals surface area contributed by atoms with Crippen molar-refractivity contribution < 1.29 is 4.74 Å². The fourth-order valence-electron chi connectivity index (χ4n) is 2.22. The van der Waals surface area contributed by atoms with Crippen LogP contribution in [0.25, 0.3) is 0 Å². The van der Waals surface area contributed by atoms with E-state index < -0.39 is 0 Å². The molecule has 0 spiro atoms. The lowest BCUT2D eigenvalue weighted by molar-refractivity contribution is 0.332. The van der Waals surface area contributed by atoms with Gasteiger partial charge in [-0.15, -0.1) is 0 Å². The number of para-hydroxylation sites is 1. The molecule has 2 nitrogen and oxygen atoms in total. The van der Waals surface area contributed by atoms with Crippen molar-refractivity contribution in [1.29, 1.82) is 0 Å². The summed E-state index contributed by atoms with van der Waals surface area (Å²) in [6.45, 7) is 7.77. The first kappa shape index (κ1) is 15.7. The Morgan fingerprint density at radius 2 is 1.90 bits per heavy atom. The summed E-state index contributed by atoms with van der Waals surface area (Å²) in [6, 6.07) is 14.1. The Kier molecular flexibility index (Phi) is 5.51. The minimum absolute atomic E-state index is 0.508. The molecule has 0 saturated carbocycles. The molecule has 21 heavy (non-hydrogen) atoms.